The van der Waals surface area contributed by atoms with Crippen LogP contribution in [-0.4, -0.2) is 76.5 Å². The molecule has 0 saturated carbocycles. The number of nitrogens with zero attached hydrogens (tertiary/aromatic N) is 2. The Kier molecular flexibility index (Phi) is 7.18. The molecule has 168 valence electrons. The standard InChI is InChI=1S/C19H30N4O5S2/c1-15(22-13-9-17(10-14-22)21-29(2,25)26)19(24)20-16-5-7-18(8-6-16)30(27,28)23-11-3-4-12-23/h5-8,15,17,21H,3-4,9-14H2,1-2H3,(H,20,24)/t15-/m0/s1. The van der Waals surface area contributed by atoms with Gasteiger partial charge in [0, 0.05) is 37.9 Å². The van der Waals surface area contributed by atoms with Crippen LogP contribution in [0.5, 0.6) is 0 Å². The number of likely N-dealkylation sites (tertiary alicyclic amines) is 1. The summed E-state index contributed by atoms with van der Waals surface area (Å²) in [5, 5.41) is 2.84. The summed E-state index contributed by atoms with van der Waals surface area (Å²) in [7, 11) is -6.70. The molecule has 0 unspecified atom stereocenters. The molecule has 0 aliphatic carbocycles. The maximum Gasteiger partial charge on any atom is 0.243 e. The van der Waals surface area contributed by atoms with Crippen LogP contribution in [0.3, 0.4) is 0 Å². The molecule has 2 fully saturated rings. The first-order valence-corrected chi connectivity index (χ1v) is 13.5. The SMILES string of the molecule is C[C@@H](C(=O)Nc1ccc(S(=O)(=O)N2CCCC2)cc1)N1CCC(NS(C)(=O)=O)CC1. The van der Waals surface area contributed by atoms with Gasteiger partial charge in [-0.3, -0.25) is 9.69 Å². The van der Waals surface area contributed by atoms with Crippen molar-refractivity contribution >= 4 is 31.6 Å². The number of carbonyl (C=O) groups is 1. The first kappa shape index (κ1) is 23.1. The highest BCUT2D eigenvalue weighted by Crippen LogP contribution is 2.22. The summed E-state index contributed by atoms with van der Waals surface area (Å²) in [5.41, 5.74) is 0.542. The lowest BCUT2D eigenvalue weighted by atomic mass is 10.0. The average molecular weight is 459 g/mol. The van der Waals surface area contributed by atoms with Gasteiger partial charge in [0.05, 0.1) is 17.2 Å². The smallest absolute Gasteiger partial charge is 0.243 e. The number of carbonyl (C=O) groups excluding carboxylic acids is 1. The van der Waals surface area contributed by atoms with Crippen molar-refractivity contribution in [1.29, 1.82) is 0 Å². The Morgan fingerprint density at radius 2 is 1.57 bits per heavy atom. The zero-order valence-corrected chi connectivity index (χ0v) is 19.0. The predicted octanol–water partition coefficient (Wildman–Crippen LogP) is 0.812. The molecular formula is C19H30N4O5S2. The largest absolute Gasteiger partial charge is 0.325 e. The first-order valence-electron chi connectivity index (χ1n) is 10.2. The van der Waals surface area contributed by atoms with Crippen molar-refractivity contribution in [3.63, 3.8) is 0 Å². The quantitative estimate of drug-likeness (QED) is 0.625. The molecule has 11 heteroatoms. The second-order valence-electron chi connectivity index (χ2n) is 8.00. The number of sulfonamides is 2. The topological polar surface area (TPSA) is 116 Å². The molecule has 2 aliphatic rings. The zero-order valence-electron chi connectivity index (χ0n) is 17.4. The summed E-state index contributed by atoms with van der Waals surface area (Å²) in [6.45, 7) is 4.15. The number of piperidine rings is 1. The van der Waals surface area contributed by atoms with Crippen LogP contribution < -0.4 is 10.0 Å². The molecule has 30 heavy (non-hydrogen) atoms. The molecule has 2 N–H and O–H groups in total. The minimum atomic E-state index is -3.47. The predicted molar refractivity (Wildman–Crippen MR) is 115 cm³/mol. The Bertz CT molecular complexity index is 949. The van der Waals surface area contributed by atoms with E-state index in [0.29, 0.717) is 44.7 Å². The molecule has 2 aliphatic heterocycles. The zero-order chi connectivity index (χ0) is 21.9. The lowest BCUT2D eigenvalue weighted by Crippen LogP contribution is -2.50. The van der Waals surface area contributed by atoms with Crippen molar-refractivity contribution in [3.8, 4) is 0 Å². The van der Waals surface area contributed by atoms with Gasteiger partial charge in [0.2, 0.25) is 26.0 Å². The third-order valence-electron chi connectivity index (χ3n) is 5.66. The van der Waals surface area contributed by atoms with E-state index < -0.39 is 20.0 Å². The molecule has 0 spiro atoms. The molecular weight excluding hydrogens is 428 g/mol. The van der Waals surface area contributed by atoms with Crippen molar-refractivity contribution in [2.45, 2.75) is 49.6 Å². The normalized spacial score (nSPS) is 20.9. The summed E-state index contributed by atoms with van der Waals surface area (Å²) < 4.78 is 52.0. The fraction of sp³-hybridized carbons (Fsp3) is 0.632. The number of anilines is 1. The molecule has 1 aromatic carbocycles. The monoisotopic (exact) mass is 458 g/mol. The Balaban J connectivity index is 1.54. The molecule has 9 nitrogen and oxygen atoms in total. The van der Waals surface area contributed by atoms with Gasteiger partial charge in [-0.25, -0.2) is 21.6 Å². The van der Waals surface area contributed by atoms with Gasteiger partial charge in [-0.05, 0) is 56.9 Å². The van der Waals surface area contributed by atoms with Crippen molar-refractivity contribution in [1.82, 2.24) is 13.9 Å². The Morgan fingerprint density at radius 3 is 2.10 bits per heavy atom. The van der Waals surface area contributed by atoms with E-state index in [9.17, 15) is 21.6 Å². The minimum Gasteiger partial charge on any atom is -0.325 e. The maximum atomic E-state index is 12.6. The van der Waals surface area contributed by atoms with E-state index in [2.05, 4.69) is 10.0 Å². The van der Waals surface area contributed by atoms with Gasteiger partial charge in [-0.2, -0.15) is 4.31 Å². The van der Waals surface area contributed by atoms with E-state index in [4.69, 9.17) is 0 Å². The van der Waals surface area contributed by atoms with Gasteiger partial charge in [0.1, 0.15) is 0 Å². The van der Waals surface area contributed by atoms with Crippen LogP contribution in [0.25, 0.3) is 0 Å². The third kappa shape index (κ3) is 5.79. The number of benzene rings is 1. The molecule has 1 aromatic rings. The number of nitrogens with one attached hydrogen (secondary N) is 2. The van der Waals surface area contributed by atoms with Crippen LogP contribution >= 0.6 is 0 Å². The Hall–Kier alpha value is -1.53. The molecule has 3 rings (SSSR count). The molecule has 0 bridgehead atoms. The highest BCUT2D eigenvalue weighted by Gasteiger charge is 2.29. The maximum absolute atomic E-state index is 12.6. The van der Waals surface area contributed by atoms with Gasteiger partial charge in [0.25, 0.3) is 0 Å². The Labute approximate surface area is 178 Å². The molecule has 1 amide bonds. The highest BCUT2D eigenvalue weighted by atomic mass is 32.2. The molecule has 0 radical (unpaired) electrons. The van der Waals surface area contributed by atoms with Crippen LogP contribution in [-0.2, 0) is 24.8 Å². The number of hydrogen-bond acceptors (Lipinski definition) is 6. The number of rotatable bonds is 7. The fourth-order valence-electron chi connectivity index (χ4n) is 3.91. The summed E-state index contributed by atoms with van der Waals surface area (Å²) in [6.07, 6.45) is 4.21. The second kappa shape index (κ2) is 9.31. The van der Waals surface area contributed by atoms with Crippen LogP contribution in [0, 0.1) is 0 Å². The number of hydrogen-bond donors (Lipinski definition) is 2. The van der Waals surface area contributed by atoms with Crippen LogP contribution in [0.4, 0.5) is 5.69 Å². The summed E-state index contributed by atoms with van der Waals surface area (Å²) in [4.78, 5) is 14.9. The summed E-state index contributed by atoms with van der Waals surface area (Å²) in [5.74, 6) is -0.181. The molecule has 2 saturated heterocycles. The third-order valence-corrected chi connectivity index (χ3v) is 8.34. The van der Waals surface area contributed by atoms with E-state index in [1.807, 2.05) is 11.8 Å². The van der Waals surface area contributed by atoms with Gasteiger partial charge in [0.15, 0.2) is 0 Å². The second-order valence-corrected chi connectivity index (χ2v) is 11.7. The van der Waals surface area contributed by atoms with E-state index in [-0.39, 0.29) is 22.9 Å². The van der Waals surface area contributed by atoms with Gasteiger partial charge >= 0.3 is 0 Å². The Morgan fingerprint density at radius 1 is 1.00 bits per heavy atom. The van der Waals surface area contributed by atoms with E-state index in [1.54, 1.807) is 12.1 Å². The van der Waals surface area contributed by atoms with Crippen molar-refractivity contribution < 1.29 is 21.6 Å². The lowest BCUT2D eigenvalue weighted by molar-refractivity contribution is -0.121. The minimum absolute atomic E-state index is 0.100. The molecule has 1 atom stereocenters. The average Bonchev–Trinajstić information content (AvgIpc) is 3.23. The van der Waals surface area contributed by atoms with Crippen LogP contribution in [0.1, 0.15) is 32.6 Å². The van der Waals surface area contributed by atoms with Crippen molar-refractivity contribution in [2.75, 3.05) is 37.8 Å². The first-order chi connectivity index (χ1) is 14.1. The van der Waals surface area contributed by atoms with Gasteiger partial charge in [-0.15, -0.1) is 0 Å². The van der Waals surface area contributed by atoms with Crippen LogP contribution in [0.2, 0.25) is 0 Å². The van der Waals surface area contributed by atoms with Crippen molar-refractivity contribution in [3.05, 3.63) is 24.3 Å². The number of amides is 1. The van der Waals surface area contributed by atoms with Crippen molar-refractivity contribution in [2.24, 2.45) is 0 Å². The molecule has 0 aromatic heterocycles. The highest BCUT2D eigenvalue weighted by molar-refractivity contribution is 7.89. The summed E-state index contributed by atoms with van der Waals surface area (Å²) >= 11 is 0. The van der Waals surface area contributed by atoms with E-state index in [0.717, 1.165) is 19.1 Å². The summed E-state index contributed by atoms with van der Waals surface area (Å²) in [6, 6.07) is 5.78. The van der Waals surface area contributed by atoms with Gasteiger partial charge < -0.3 is 5.32 Å². The van der Waals surface area contributed by atoms with E-state index >= 15 is 0 Å². The molecule has 2 heterocycles. The lowest BCUT2D eigenvalue weighted by Gasteiger charge is -2.35. The van der Waals surface area contributed by atoms with Gasteiger partial charge in [-0.1, -0.05) is 0 Å². The fourth-order valence-corrected chi connectivity index (χ4v) is 6.27. The van der Waals surface area contributed by atoms with E-state index in [1.165, 1.54) is 16.4 Å². The van der Waals surface area contributed by atoms with Crippen LogP contribution in [0.15, 0.2) is 29.2 Å².